The van der Waals surface area contributed by atoms with E-state index in [1.807, 2.05) is 14.0 Å². The molecule has 0 spiro atoms. The Kier molecular flexibility index (Phi) is 6.49. The lowest BCUT2D eigenvalue weighted by atomic mass is 10.1. The van der Waals surface area contributed by atoms with Crippen LogP contribution in [0.15, 0.2) is 11.4 Å². The van der Waals surface area contributed by atoms with Gasteiger partial charge in [0.15, 0.2) is 0 Å². The van der Waals surface area contributed by atoms with Gasteiger partial charge in [-0.3, -0.25) is 0 Å². The molecule has 0 aromatic heterocycles. The van der Waals surface area contributed by atoms with Gasteiger partial charge in [-0.1, -0.05) is 0 Å². The molecule has 0 unspecified atom stereocenters. The highest BCUT2D eigenvalue weighted by atomic mass is 16.5. The summed E-state index contributed by atoms with van der Waals surface area (Å²) in [5, 5.41) is 3.29. The van der Waals surface area contributed by atoms with E-state index in [0.29, 0.717) is 0 Å². The second kappa shape index (κ2) is 6.79. The van der Waals surface area contributed by atoms with Gasteiger partial charge in [0, 0.05) is 26.2 Å². The summed E-state index contributed by atoms with van der Waals surface area (Å²) in [5.41, 5.74) is 1.47. The van der Waals surface area contributed by atoms with Crippen LogP contribution in [0.3, 0.4) is 0 Å². The summed E-state index contributed by atoms with van der Waals surface area (Å²) in [6, 6.07) is 0. The van der Waals surface area contributed by atoms with Crippen molar-refractivity contribution in [2.75, 3.05) is 27.3 Å². The van der Waals surface area contributed by atoms with Crippen molar-refractivity contribution in [3.63, 3.8) is 0 Å². The predicted octanol–water partition coefficient (Wildman–Crippen LogP) is 2.59. The summed E-state index contributed by atoms with van der Waals surface area (Å²) in [4.78, 5) is 2.27. The molecule has 0 atom stereocenters. The fourth-order valence-corrected chi connectivity index (χ4v) is 1.49. The first-order valence-corrected chi connectivity index (χ1v) is 6.03. The lowest BCUT2D eigenvalue weighted by molar-refractivity contribution is 0.148. The van der Waals surface area contributed by atoms with Gasteiger partial charge in [-0.15, -0.1) is 0 Å². The number of ether oxygens (including phenoxy) is 1. The van der Waals surface area contributed by atoms with Crippen molar-refractivity contribution in [2.45, 2.75) is 46.6 Å². The number of hydrogen-bond acceptors (Lipinski definition) is 3. The van der Waals surface area contributed by atoms with Gasteiger partial charge >= 0.3 is 0 Å². The van der Waals surface area contributed by atoms with Gasteiger partial charge < -0.3 is 15.0 Å². The highest BCUT2D eigenvalue weighted by Gasteiger charge is 2.20. The number of rotatable bonds is 6. The summed E-state index contributed by atoms with van der Waals surface area (Å²) in [7, 11) is 4.10. The van der Waals surface area contributed by atoms with E-state index in [-0.39, 0.29) is 5.54 Å². The Morgan fingerprint density at radius 2 is 1.88 bits per heavy atom. The maximum Gasteiger partial charge on any atom is 0.100 e. The first-order chi connectivity index (χ1) is 7.34. The highest BCUT2D eigenvalue weighted by Crippen LogP contribution is 2.18. The van der Waals surface area contributed by atoms with Crippen LogP contribution in [-0.2, 0) is 4.74 Å². The zero-order valence-electron chi connectivity index (χ0n) is 12.0. The van der Waals surface area contributed by atoms with Crippen LogP contribution < -0.4 is 5.32 Å². The number of nitrogens with zero attached hydrogens (tertiary/aromatic N) is 1. The Morgan fingerprint density at radius 3 is 2.25 bits per heavy atom. The van der Waals surface area contributed by atoms with E-state index in [2.05, 4.69) is 45.0 Å². The smallest absolute Gasteiger partial charge is 0.100 e. The molecule has 0 radical (unpaired) electrons. The summed E-state index contributed by atoms with van der Waals surface area (Å²) >= 11 is 0. The Bertz CT molecular complexity index is 229. The molecule has 0 rings (SSSR count). The molecule has 0 aliphatic rings. The molecule has 0 aromatic rings. The molecule has 16 heavy (non-hydrogen) atoms. The molecule has 0 bridgehead atoms. The van der Waals surface area contributed by atoms with Crippen molar-refractivity contribution >= 4 is 0 Å². The van der Waals surface area contributed by atoms with Crippen LogP contribution in [0.4, 0.5) is 0 Å². The predicted molar refractivity (Wildman–Crippen MR) is 70.4 cm³/mol. The van der Waals surface area contributed by atoms with Crippen molar-refractivity contribution < 1.29 is 4.74 Å². The van der Waals surface area contributed by atoms with Gasteiger partial charge in [0.05, 0.1) is 6.61 Å². The van der Waals surface area contributed by atoms with Crippen molar-refractivity contribution in [3.8, 4) is 0 Å². The molecule has 0 saturated heterocycles. The molecule has 3 nitrogen and oxygen atoms in total. The largest absolute Gasteiger partial charge is 0.381 e. The molecule has 96 valence electrons. The third-order valence-electron chi connectivity index (χ3n) is 2.81. The molecular weight excluding hydrogens is 200 g/mol. The Morgan fingerprint density at radius 1 is 1.31 bits per heavy atom. The fraction of sp³-hybridized carbons (Fsp3) is 0.846. The SMILES string of the molecule is CCOCC/C(C)=C(/NC)N(C)C(C)(C)C. The second-order valence-corrected chi connectivity index (χ2v) is 5.06. The van der Waals surface area contributed by atoms with Gasteiger partial charge in [-0.25, -0.2) is 0 Å². The lowest BCUT2D eigenvalue weighted by Gasteiger charge is -2.36. The summed E-state index contributed by atoms with van der Waals surface area (Å²) in [6.07, 6.45) is 0.977. The Balaban J connectivity index is 4.61. The topological polar surface area (TPSA) is 24.5 Å². The molecular formula is C13H28N2O. The quantitative estimate of drug-likeness (QED) is 0.707. The zero-order valence-corrected chi connectivity index (χ0v) is 12.0. The molecule has 0 saturated carbocycles. The van der Waals surface area contributed by atoms with Crippen LogP contribution in [0.5, 0.6) is 0 Å². The zero-order chi connectivity index (χ0) is 12.8. The normalized spacial score (nSPS) is 13.4. The van der Waals surface area contributed by atoms with Crippen molar-refractivity contribution in [3.05, 3.63) is 11.4 Å². The van der Waals surface area contributed by atoms with Crippen LogP contribution >= 0.6 is 0 Å². The minimum atomic E-state index is 0.130. The molecule has 0 fully saturated rings. The molecule has 0 amide bonds. The van der Waals surface area contributed by atoms with Crippen molar-refractivity contribution in [2.24, 2.45) is 0 Å². The van der Waals surface area contributed by atoms with E-state index in [9.17, 15) is 0 Å². The average Bonchev–Trinajstić information content (AvgIpc) is 2.17. The van der Waals surface area contributed by atoms with E-state index in [1.54, 1.807) is 0 Å². The van der Waals surface area contributed by atoms with Gasteiger partial charge in [0.1, 0.15) is 5.82 Å². The monoisotopic (exact) mass is 228 g/mol. The molecule has 0 aliphatic heterocycles. The maximum absolute atomic E-state index is 5.38. The Hall–Kier alpha value is -0.700. The highest BCUT2D eigenvalue weighted by molar-refractivity contribution is 5.10. The summed E-state index contributed by atoms with van der Waals surface area (Å²) < 4.78 is 5.38. The van der Waals surface area contributed by atoms with E-state index in [0.717, 1.165) is 19.6 Å². The standard InChI is InChI=1S/C13H28N2O/c1-8-16-10-9-11(2)12(14-6)15(7)13(3,4)5/h14H,8-10H2,1-7H3/b12-11-. The molecule has 0 aromatic carbocycles. The summed E-state index contributed by atoms with van der Waals surface area (Å²) in [5.74, 6) is 1.20. The van der Waals surface area contributed by atoms with Crippen LogP contribution in [0, 0.1) is 0 Å². The first kappa shape index (κ1) is 15.3. The van der Waals surface area contributed by atoms with Crippen LogP contribution in [0.2, 0.25) is 0 Å². The van der Waals surface area contributed by atoms with Gasteiger partial charge in [0.25, 0.3) is 0 Å². The molecule has 3 heteroatoms. The van der Waals surface area contributed by atoms with Crippen molar-refractivity contribution in [1.82, 2.24) is 10.2 Å². The first-order valence-electron chi connectivity index (χ1n) is 6.03. The molecule has 1 N–H and O–H groups in total. The third kappa shape index (κ3) is 4.88. The van der Waals surface area contributed by atoms with E-state index in [1.165, 1.54) is 11.4 Å². The van der Waals surface area contributed by atoms with E-state index < -0.39 is 0 Å². The van der Waals surface area contributed by atoms with Crippen LogP contribution in [0.25, 0.3) is 0 Å². The Labute approximate surface area is 101 Å². The third-order valence-corrected chi connectivity index (χ3v) is 2.81. The lowest BCUT2D eigenvalue weighted by Crippen LogP contribution is -2.41. The minimum absolute atomic E-state index is 0.130. The summed E-state index contributed by atoms with van der Waals surface area (Å²) in [6.45, 7) is 12.4. The molecule has 0 aliphatic carbocycles. The van der Waals surface area contributed by atoms with Gasteiger partial charge in [-0.05, 0) is 46.6 Å². The van der Waals surface area contributed by atoms with Gasteiger partial charge in [0.2, 0.25) is 0 Å². The van der Waals surface area contributed by atoms with Crippen LogP contribution in [-0.4, -0.2) is 37.7 Å². The number of hydrogen-bond donors (Lipinski definition) is 1. The number of nitrogens with one attached hydrogen (secondary N) is 1. The van der Waals surface area contributed by atoms with Crippen molar-refractivity contribution in [1.29, 1.82) is 0 Å². The average molecular weight is 228 g/mol. The maximum atomic E-state index is 5.38. The van der Waals surface area contributed by atoms with Crippen LogP contribution in [0.1, 0.15) is 41.0 Å². The van der Waals surface area contributed by atoms with Gasteiger partial charge in [-0.2, -0.15) is 0 Å². The molecule has 0 heterocycles. The van der Waals surface area contributed by atoms with E-state index >= 15 is 0 Å². The second-order valence-electron chi connectivity index (χ2n) is 5.06. The minimum Gasteiger partial charge on any atom is -0.381 e. The fourth-order valence-electron chi connectivity index (χ4n) is 1.49. The van der Waals surface area contributed by atoms with E-state index in [4.69, 9.17) is 4.74 Å².